The predicted octanol–water partition coefficient (Wildman–Crippen LogP) is 3.56. The Balaban J connectivity index is 1.37. The maximum absolute atomic E-state index is 12.3. The fourth-order valence-corrected chi connectivity index (χ4v) is 3.67. The summed E-state index contributed by atoms with van der Waals surface area (Å²) in [5.74, 6) is 1.81. The molecule has 1 unspecified atom stereocenters. The van der Waals surface area contributed by atoms with Crippen molar-refractivity contribution in [1.82, 2.24) is 15.5 Å². The van der Waals surface area contributed by atoms with Gasteiger partial charge in [0.05, 0.1) is 6.54 Å². The second-order valence-electron chi connectivity index (χ2n) is 5.60. The highest BCUT2D eigenvalue weighted by Crippen LogP contribution is 2.34. The first kappa shape index (κ1) is 16.9. The van der Waals surface area contributed by atoms with Crippen LogP contribution in [0.4, 0.5) is 0 Å². The van der Waals surface area contributed by atoms with Crippen molar-refractivity contribution in [2.24, 2.45) is 0 Å². The number of ether oxygens (including phenoxy) is 1. The molecule has 26 heavy (non-hydrogen) atoms. The molecule has 1 atom stereocenters. The van der Waals surface area contributed by atoms with Crippen LogP contribution in [-0.4, -0.2) is 27.9 Å². The summed E-state index contributed by atoms with van der Waals surface area (Å²) in [6.45, 7) is 0.137. The van der Waals surface area contributed by atoms with Crippen LogP contribution in [-0.2, 0) is 11.3 Å². The van der Waals surface area contributed by atoms with Crippen LogP contribution in [0.1, 0.15) is 5.89 Å². The van der Waals surface area contributed by atoms with E-state index in [-0.39, 0.29) is 12.5 Å². The molecule has 4 rings (SSSR count). The van der Waals surface area contributed by atoms with E-state index >= 15 is 0 Å². The van der Waals surface area contributed by atoms with Crippen LogP contribution in [0.25, 0.3) is 11.4 Å². The van der Waals surface area contributed by atoms with Gasteiger partial charge in [-0.25, -0.2) is 0 Å². The van der Waals surface area contributed by atoms with Crippen LogP contribution < -0.4 is 10.1 Å². The van der Waals surface area contributed by atoms with E-state index in [1.165, 1.54) is 0 Å². The molecule has 0 spiro atoms. The van der Waals surface area contributed by atoms with E-state index in [1.54, 1.807) is 23.9 Å². The van der Waals surface area contributed by atoms with Crippen LogP contribution in [0, 0.1) is 0 Å². The van der Waals surface area contributed by atoms with Gasteiger partial charge in [-0.2, -0.15) is 4.98 Å². The molecule has 2 aromatic carbocycles. The molecule has 6 nitrogen and oxygen atoms in total. The first-order valence-corrected chi connectivity index (χ1v) is 9.30. The van der Waals surface area contributed by atoms with Crippen LogP contribution in [0.5, 0.6) is 5.75 Å². The number of carbonyl (C=O) groups excluding carboxylic acids is 1. The van der Waals surface area contributed by atoms with Crippen LogP contribution in [0.15, 0.2) is 57.9 Å². The molecule has 0 bridgehead atoms. The Morgan fingerprint density at radius 2 is 2.15 bits per heavy atom. The molecule has 132 valence electrons. The molecule has 1 aliphatic heterocycles. The number of fused-ring (bicyclic) bond motifs is 1. The number of halogens is 1. The highest BCUT2D eigenvalue weighted by Gasteiger charge is 2.26. The number of amides is 1. The molecule has 0 radical (unpaired) electrons. The summed E-state index contributed by atoms with van der Waals surface area (Å²) in [4.78, 5) is 17.7. The molecule has 0 saturated heterocycles. The summed E-state index contributed by atoms with van der Waals surface area (Å²) in [6.07, 6.45) is -0.551. The number of benzene rings is 2. The van der Waals surface area contributed by atoms with E-state index in [0.717, 1.165) is 16.2 Å². The third-order valence-electron chi connectivity index (χ3n) is 3.77. The molecule has 0 fully saturated rings. The topological polar surface area (TPSA) is 77.3 Å². The van der Waals surface area contributed by atoms with Gasteiger partial charge in [0.25, 0.3) is 5.91 Å². The predicted molar refractivity (Wildman–Crippen MR) is 98.2 cm³/mol. The van der Waals surface area contributed by atoms with Gasteiger partial charge >= 0.3 is 0 Å². The van der Waals surface area contributed by atoms with Crippen molar-refractivity contribution in [3.8, 4) is 17.1 Å². The number of thioether (sulfide) groups is 1. The summed E-state index contributed by atoms with van der Waals surface area (Å²) < 4.78 is 10.9. The van der Waals surface area contributed by atoms with Crippen molar-refractivity contribution < 1.29 is 14.1 Å². The molecular formula is C18H14ClN3O3S. The Bertz CT molecular complexity index is 947. The number of rotatable bonds is 4. The SMILES string of the molecule is O=C(NCc1nc(-c2cccc(Cl)c2)no1)C1CSc2ccccc2O1. The molecule has 1 aromatic heterocycles. The Morgan fingerprint density at radius 1 is 1.27 bits per heavy atom. The van der Waals surface area contributed by atoms with Crippen LogP contribution in [0.3, 0.4) is 0 Å². The molecule has 2 heterocycles. The lowest BCUT2D eigenvalue weighted by Gasteiger charge is -2.24. The van der Waals surface area contributed by atoms with Gasteiger partial charge in [-0.15, -0.1) is 11.8 Å². The number of para-hydroxylation sites is 1. The van der Waals surface area contributed by atoms with Gasteiger partial charge in [0.2, 0.25) is 11.7 Å². The number of hydrogen-bond acceptors (Lipinski definition) is 6. The minimum Gasteiger partial charge on any atom is -0.479 e. The van der Waals surface area contributed by atoms with Crippen LogP contribution in [0.2, 0.25) is 5.02 Å². The molecule has 0 saturated carbocycles. The zero-order valence-electron chi connectivity index (χ0n) is 13.5. The van der Waals surface area contributed by atoms with E-state index < -0.39 is 6.10 Å². The van der Waals surface area contributed by atoms with E-state index in [2.05, 4.69) is 15.5 Å². The number of nitrogens with one attached hydrogen (secondary N) is 1. The third kappa shape index (κ3) is 3.68. The lowest BCUT2D eigenvalue weighted by Crippen LogP contribution is -2.41. The standard InChI is InChI=1S/C18H14ClN3O3S/c19-12-5-3-4-11(8-12)17-21-16(25-22-17)9-20-18(23)14-10-26-15-7-2-1-6-13(15)24-14/h1-8,14H,9-10H2,(H,20,23). The van der Waals surface area contributed by atoms with Gasteiger partial charge in [-0.05, 0) is 24.3 Å². The summed E-state index contributed by atoms with van der Waals surface area (Å²) in [5, 5.41) is 7.28. The van der Waals surface area contributed by atoms with Crippen LogP contribution >= 0.6 is 23.4 Å². The Hall–Kier alpha value is -2.51. The first-order chi connectivity index (χ1) is 12.7. The van der Waals surface area contributed by atoms with Gasteiger partial charge in [0, 0.05) is 21.2 Å². The highest BCUT2D eigenvalue weighted by molar-refractivity contribution is 7.99. The fraction of sp³-hybridized carbons (Fsp3) is 0.167. The largest absolute Gasteiger partial charge is 0.479 e. The van der Waals surface area contributed by atoms with Crippen molar-refractivity contribution in [1.29, 1.82) is 0 Å². The molecule has 8 heteroatoms. The highest BCUT2D eigenvalue weighted by atomic mass is 35.5. The molecule has 1 N–H and O–H groups in total. The second-order valence-corrected chi connectivity index (χ2v) is 7.10. The average Bonchev–Trinajstić information content (AvgIpc) is 3.15. The Morgan fingerprint density at radius 3 is 3.04 bits per heavy atom. The lowest BCUT2D eigenvalue weighted by atomic mass is 10.2. The lowest BCUT2D eigenvalue weighted by molar-refractivity contribution is -0.127. The van der Waals surface area contributed by atoms with Gasteiger partial charge in [0.15, 0.2) is 6.10 Å². The van der Waals surface area contributed by atoms with E-state index in [0.29, 0.717) is 22.5 Å². The molecule has 0 aliphatic carbocycles. The second kappa shape index (κ2) is 7.39. The smallest absolute Gasteiger partial charge is 0.262 e. The monoisotopic (exact) mass is 387 g/mol. The summed E-state index contributed by atoms with van der Waals surface area (Å²) >= 11 is 7.57. The van der Waals surface area contributed by atoms with Crippen molar-refractivity contribution in [2.45, 2.75) is 17.5 Å². The zero-order chi connectivity index (χ0) is 17.9. The Kier molecular flexibility index (Phi) is 4.81. The number of carbonyl (C=O) groups is 1. The van der Waals surface area contributed by atoms with Crippen molar-refractivity contribution in [2.75, 3.05) is 5.75 Å². The molecule has 3 aromatic rings. The Labute approximate surface area is 158 Å². The summed E-state index contributed by atoms with van der Waals surface area (Å²) in [6, 6.07) is 14.8. The molecule has 1 aliphatic rings. The number of aromatic nitrogens is 2. The first-order valence-electron chi connectivity index (χ1n) is 7.94. The quantitative estimate of drug-likeness (QED) is 0.737. The zero-order valence-corrected chi connectivity index (χ0v) is 15.1. The van der Waals surface area contributed by atoms with E-state index in [1.807, 2.05) is 36.4 Å². The number of nitrogens with zero attached hydrogens (tertiary/aromatic N) is 2. The molecular weight excluding hydrogens is 374 g/mol. The maximum Gasteiger partial charge on any atom is 0.262 e. The minimum absolute atomic E-state index is 0.137. The van der Waals surface area contributed by atoms with Gasteiger partial charge < -0.3 is 14.6 Å². The number of hydrogen-bond donors (Lipinski definition) is 1. The van der Waals surface area contributed by atoms with Gasteiger partial charge in [-0.1, -0.05) is 41.0 Å². The normalized spacial score (nSPS) is 15.8. The van der Waals surface area contributed by atoms with Gasteiger partial charge in [-0.3, -0.25) is 4.79 Å². The third-order valence-corrected chi connectivity index (χ3v) is 5.12. The van der Waals surface area contributed by atoms with Gasteiger partial charge in [0.1, 0.15) is 5.75 Å². The van der Waals surface area contributed by atoms with Crippen molar-refractivity contribution in [3.05, 3.63) is 59.4 Å². The summed E-state index contributed by atoms with van der Waals surface area (Å²) in [7, 11) is 0. The molecule has 1 amide bonds. The fourth-order valence-electron chi connectivity index (χ4n) is 2.50. The average molecular weight is 388 g/mol. The van der Waals surface area contributed by atoms with Crippen molar-refractivity contribution >= 4 is 29.3 Å². The maximum atomic E-state index is 12.3. The van der Waals surface area contributed by atoms with E-state index in [9.17, 15) is 4.79 Å². The summed E-state index contributed by atoms with van der Waals surface area (Å²) in [5.41, 5.74) is 0.752. The van der Waals surface area contributed by atoms with Crippen molar-refractivity contribution in [3.63, 3.8) is 0 Å². The van der Waals surface area contributed by atoms with E-state index in [4.69, 9.17) is 20.9 Å². The minimum atomic E-state index is -0.551.